The van der Waals surface area contributed by atoms with Gasteiger partial charge in [-0.05, 0) is 63.3 Å². The molecular formula is C48H71N11O15S2. The van der Waals surface area contributed by atoms with Crippen LogP contribution in [0.15, 0.2) is 17.2 Å². The standard InChI is InChI=1S/C48H71N11O15S2/c1-7-23(2)37-43(69)52-18-35(64)53-31-22-76(73)45-27(26-9-10-33(62)28(39(26)58-45)21-75-14-8-12-50-47(72)74-48(4,5)6)16-29(40(66)51-19-36(65)56-37)54-44(70)38(24(3)11-13-60)57-42(68)32-15-25(61)20-59(32)46(71)30(17-34(49)63)55-41(31)67/h9-10,23-25,29-32,37-38,58,60-62H,7-8,11-22H2,1-6H3,(H2,49,63)(H,50,72)(H,51,66)(H,52,69)(H,53,64)(H,54,70)(H,55,67)(H,56,65)(H,57,68)/t23-,24-,25+,29-,30-,31-,32-,37-,38-,76?/m0/s1. The lowest BCUT2D eigenvalue weighted by molar-refractivity contribution is -0.143. The third-order valence-electron chi connectivity index (χ3n) is 13.0. The highest BCUT2D eigenvalue weighted by atomic mass is 32.2. The van der Waals surface area contributed by atoms with Crippen LogP contribution < -0.4 is 48.3 Å². The first-order chi connectivity index (χ1) is 35.8. The predicted molar refractivity (Wildman–Crippen MR) is 276 cm³/mol. The Bertz CT molecular complexity index is 2510. The molecule has 1 saturated heterocycles. The fourth-order valence-corrected chi connectivity index (χ4v) is 11.2. The topological polar surface area (TPSA) is 405 Å². The van der Waals surface area contributed by atoms with Gasteiger partial charge in [0.1, 0.15) is 47.3 Å². The number of carbonyl (C=O) groups excluding carboxylic acids is 10. The maximum atomic E-state index is 15.1. The van der Waals surface area contributed by atoms with Gasteiger partial charge in [-0.2, -0.15) is 11.8 Å². The molecule has 1 aromatic carbocycles. The van der Waals surface area contributed by atoms with Crippen LogP contribution in [0.2, 0.25) is 0 Å². The lowest BCUT2D eigenvalue weighted by Gasteiger charge is -2.32. The third kappa shape index (κ3) is 16.3. The van der Waals surface area contributed by atoms with Crippen LogP contribution in [-0.4, -0.2) is 181 Å². The highest BCUT2D eigenvalue weighted by molar-refractivity contribution is 7.98. The first kappa shape index (κ1) is 60.5. The van der Waals surface area contributed by atoms with Crippen molar-refractivity contribution in [3.05, 3.63) is 23.3 Å². The number of nitrogens with one attached hydrogen (secondary N) is 9. The fourth-order valence-electron chi connectivity index (χ4n) is 8.84. The Morgan fingerprint density at radius 1 is 0.908 bits per heavy atom. The van der Waals surface area contributed by atoms with Gasteiger partial charge in [0.25, 0.3) is 0 Å². The van der Waals surface area contributed by atoms with Crippen LogP contribution in [0, 0.1) is 11.8 Å². The van der Waals surface area contributed by atoms with Gasteiger partial charge in [-0.15, -0.1) is 0 Å². The largest absolute Gasteiger partial charge is 0.610 e. The number of hydrogen-bond donors (Lipinski definition) is 13. The van der Waals surface area contributed by atoms with Gasteiger partial charge < -0.3 is 82.8 Å². The minimum Gasteiger partial charge on any atom is -0.610 e. The summed E-state index contributed by atoms with van der Waals surface area (Å²) >= 11 is -1.07. The Labute approximate surface area is 446 Å². The molecular weight excluding hydrogens is 1030 g/mol. The van der Waals surface area contributed by atoms with Gasteiger partial charge in [0.15, 0.2) is 6.04 Å². The van der Waals surface area contributed by atoms with E-state index in [1.807, 2.05) is 0 Å². The van der Waals surface area contributed by atoms with Crippen molar-refractivity contribution < 1.29 is 72.6 Å². The van der Waals surface area contributed by atoms with Crippen molar-refractivity contribution in [3.8, 4) is 5.75 Å². The number of rotatable bonds is 13. The third-order valence-corrected chi connectivity index (χ3v) is 15.5. The van der Waals surface area contributed by atoms with E-state index in [-0.39, 0.29) is 52.4 Å². The van der Waals surface area contributed by atoms with Crippen LogP contribution in [0.5, 0.6) is 5.75 Å². The maximum absolute atomic E-state index is 15.1. The van der Waals surface area contributed by atoms with Gasteiger partial charge in [-0.3, -0.25) is 43.2 Å². The number of hydrogen-bond acceptors (Lipinski definition) is 16. The Hall–Kier alpha value is -6.36. The zero-order valence-electron chi connectivity index (χ0n) is 43.3. The summed E-state index contributed by atoms with van der Waals surface area (Å²) in [5, 5.41) is 52.5. The summed E-state index contributed by atoms with van der Waals surface area (Å²) in [5.41, 5.74) is 5.49. The van der Waals surface area contributed by atoms with Crippen LogP contribution in [0.1, 0.15) is 84.8 Å². The second-order valence-electron chi connectivity index (χ2n) is 20.1. The number of aliphatic hydroxyl groups is 2. The molecule has 0 aliphatic carbocycles. The quantitative estimate of drug-likeness (QED) is 0.0715. The number of aliphatic hydroxyl groups excluding tert-OH is 2. The first-order valence-corrected chi connectivity index (χ1v) is 27.5. The van der Waals surface area contributed by atoms with Crippen LogP contribution in [0.25, 0.3) is 10.9 Å². The van der Waals surface area contributed by atoms with E-state index in [1.165, 1.54) is 30.8 Å². The van der Waals surface area contributed by atoms with Crippen LogP contribution in [-0.2, 0) is 71.2 Å². The minimum absolute atomic E-state index is 0.0726. The highest BCUT2D eigenvalue weighted by Gasteiger charge is 2.45. The minimum atomic E-state index is -2.43. The van der Waals surface area contributed by atoms with Gasteiger partial charge in [0.2, 0.25) is 58.2 Å². The number of carbonyl (C=O) groups is 10. The van der Waals surface area contributed by atoms with E-state index in [0.29, 0.717) is 24.2 Å². The van der Waals surface area contributed by atoms with E-state index in [0.717, 1.165) is 4.90 Å². The SMILES string of the molecule is CC[C@H](C)[C@@H]1NC(=O)CNC(=O)[C@@H]2Cc3c([nH]c4c(CSCCCNC(=O)OC(C)(C)C)c(O)ccc34)[S+]([O-])C[C@H](NC(=O)CNC1=O)C(=O)N[C@@H](CC(N)=O)C(=O)N1C[C@H](O)C[C@H]1C(=O)N[C@@H]([C@@H](C)CCO)C(=O)N2. The zero-order chi connectivity index (χ0) is 56.2. The lowest BCUT2D eigenvalue weighted by atomic mass is 9.96. The molecule has 3 aliphatic heterocycles. The molecule has 10 atom stereocenters. The number of primary amides is 1. The number of fused-ring (bicyclic) bond motifs is 5. The molecule has 4 heterocycles. The summed E-state index contributed by atoms with van der Waals surface area (Å²) < 4.78 is 20.4. The van der Waals surface area contributed by atoms with Gasteiger partial charge in [0.05, 0.1) is 31.1 Å². The summed E-state index contributed by atoms with van der Waals surface area (Å²) in [5.74, 6) is -10.7. The van der Waals surface area contributed by atoms with Crippen molar-refractivity contribution in [2.45, 2.75) is 139 Å². The second-order valence-corrected chi connectivity index (χ2v) is 22.7. The van der Waals surface area contributed by atoms with Crippen molar-refractivity contribution in [1.82, 2.24) is 52.4 Å². The van der Waals surface area contributed by atoms with E-state index in [1.54, 1.807) is 34.6 Å². The number of aromatic amines is 1. The fraction of sp³-hybridized carbons (Fsp3) is 0.625. The number of aromatic hydroxyl groups is 1. The Morgan fingerprint density at radius 2 is 1.58 bits per heavy atom. The number of H-pyrrole nitrogens is 1. The number of alkyl carbamates (subject to hydrolysis) is 1. The number of nitrogens with two attached hydrogens (primary N) is 1. The predicted octanol–water partition coefficient (Wildman–Crippen LogP) is -2.74. The number of aromatic nitrogens is 1. The van der Waals surface area contributed by atoms with E-state index in [4.69, 9.17) is 10.5 Å². The molecule has 0 spiro atoms. The molecule has 76 heavy (non-hydrogen) atoms. The number of benzene rings is 1. The summed E-state index contributed by atoms with van der Waals surface area (Å²) in [6.07, 6.45) is -2.85. The summed E-state index contributed by atoms with van der Waals surface area (Å²) in [6, 6.07) is -6.83. The number of ether oxygens (including phenoxy) is 1. The number of nitrogens with zero attached hydrogens (tertiary/aromatic N) is 1. The first-order valence-electron chi connectivity index (χ1n) is 25.0. The van der Waals surface area contributed by atoms with Crippen LogP contribution in [0.4, 0.5) is 4.79 Å². The van der Waals surface area contributed by atoms with Gasteiger partial charge in [-0.1, -0.05) is 27.2 Å². The van der Waals surface area contributed by atoms with Gasteiger partial charge in [0, 0.05) is 66.0 Å². The summed E-state index contributed by atoms with van der Waals surface area (Å²) in [6.45, 7) is 7.94. The number of amides is 10. The average molecular weight is 1110 g/mol. The molecule has 1 unspecified atom stereocenters. The normalized spacial score (nSPS) is 25.6. The molecule has 0 radical (unpaired) electrons. The average Bonchev–Trinajstić information content (AvgIpc) is 3.92. The molecule has 14 N–H and O–H groups in total. The van der Waals surface area contributed by atoms with Crippen LogP contribution >= 0.6 is 11.8 Å². The zero-order valence-corrected chi connectivity index (χ0v) is 45.0. The Kier molecular flexibility index (Phi) is 21.6. The van der Waals surface area contributed by atoms with Crippen molar-refractivity contribution in [3.63, 3.8) is 0 Å². The number of phenolic OH excluding ortho intramolecular Hbond substituents is 1. The van der Waals surface area contributed by atoms with E-state index >= 15 is 4.55 Å². The summed E-state index contributed by atoms with van der Waals surface area (Å²) in [7, 11) is 0. The van der Waals surface area contributed by atoms with E-state index in [2.05, 4.69) is 47.5 Å². The van der Waals surface area contributed by atoms with Gasteiger partial charge in [-0.25, -0.2) is 4.79 Å². The van der Waals surface area contributed by atoms with E-state index in [9.17, 15) is 63.3 Å². The smallest absolute Gasteiger partial charge is 0.407 e. The molecule has 3 aliphatic rings. The number of phenols is 1. The Morgan fingerprint density at radius 3 is 2.24 bits per heavy atom. The van der Waals surface area contributed by atoms with Gasteiger partial charge >= 0.3 is 6.09 Å². The number of thioether (sulfide) groups is 1. The van der Waals surface area contributed by atoms with Crippen molar-refractivity contribution in [1.29, 1.82) is 0 Å². The molecule has 1 fully saturated rings. The van der Waals surface area contributed by atoms with Crippen molar-refractivity contribution in [2.75, 3.05) is 44.3 Å². The molecule has 2 aromatic rings. The van der Waals surface area contributed by atoms with E-state index < -0.39 is 175 Å². The molecule has 420 valence electrons. The molecule has 0 saturated carbocycles. The molecule has 1 aromatic heterocycles. The second kappa shape index (κ2) is 27.1. The summed E-state index contributed by atoms with van der Waals surface area (Å²) in [4.78, 5) is 142. The molecule has 28 heteroatoms. The molecule has 26 nitrogen and oxygen atoms in total. The van der Waals surface area contributed by atoms with Crippen LogP contribution in [0.3, 0.4) is 0 Å². The Balaban J connectivity index is 1.70. The van der Waals surface area contributed by atoms with Crippen molar-refractivity contribution in [2.24, 2.45) is 17.6 Å². The van der Waals surface area contributed by atoms with Crippen molar-refractivity contribution >= 4 is 93.1 Å². The molecule has 5 rings (SSSR count). The maximum Gasteiger partial charge on any atom is 0.407 e. The lowest BCUT2D eigenvalue weighted by Crippen LogP contribution is -2.61. The highest BCUT2D eigenvalue weighted by Crippen LogP contribution is 2.36. The molecule has 10 amide bonds. The monoisotopic (exact) mass is 1110 g/mol. The molecule has 2 bridgehead atoms.